The molecular formula is C21H35N3. The van der Waals surface area contributed by atoms with E-state index in [9.17, 15) is 0 Å². The van der Waals surface area contributed by atoms with E-state index in [0.29, 0.717) is 0 Å². The molecule has 3 heteroatoms. The van der Waals surface area contributed by atoms with E-state index in [1.54, 1.807) is 0 Å². The van der Waals surface area contributed by atoms with E-state index < -0.39 is 0 Å². The molecule has 2 aliphatic rings. The van der Waals surface area contributed by atoms with Gasteiger partial charge in [-0.3, -0.25) is 4.90 Å². The van der Waals surface area contributed by atoms with Crippen LogP contribution < -0.4 is 0 Å². The van der Waals surface area contributed by atoms with E-state index >= 15 is 0 Å². The summed E-state index contributed by atoms with van der Waals surface area (Å²) in [4.78, 5) is 7.92. The SMILES string of the molecule is CCc1ccc(CCN2CCN(CC3CCCCN3C)CC2)cc1. The third-order valence-corrected chi connectivity index (χ3v) is 6.00. The van der Waals surface area contributed by atoms with Crippen molar-refractivity contribution in [3.05, 3.63) is 35.4 Å². The van der Waals surface area contributed by atoms with E-state index in [2.05, 4.69) is 52.9 Å². The molecule has 1 aromatic carbocycles. The van der Waals surface area contributed by atoms with E-state index in [0.717, 1.165) is 12.5 Å². The molecule has 1 atom stereocenters. The molecular weight excluding hydrogens is 294 g/mol. The average molecular weight is 330 g/mol. The number of benzene rings is 1. The van der Waals surface area contributed by atoms with Crippen molar-refractivity contribution < 1.29 is 0 Å². The number of aryl methyl sites for hydroxylation is 1. The maximum absolute atomic E-state index is 2.69. The van der Waals surface area contributed by atoms with Crippen molar-refractivity contribution in [2.75, 3.05) is 52.9 Å². The van der Waals surface area contributed by atoms with Gasteiger partial charge in [-0.25, -0.2) is 0 Å². The van der Waals surface area contributed by atoms with Crippen LogP contribution in [0.4, 0.5) is 0 Å². The number of hydrogen-bond acceptors (Lipinski definition) is 3. The molecule has 0 spiro atoms. The molecule has 0 aromatic heterocycles. The van der Waals surface area contributed by atoms with Gasteiger partial charge in [0.1, 0.15) is 0 Å². The molecule has 1 unspecified atom stereocenters. The minimum absolute atomic E-state index is 0.794. The fourth-order valence-electron chi connectivity index (χ4n) is 4.10. The Hall–Kier alpha value is -0.900. The van der Waals surface area contributed by atoms with Gasteiger partial charge in [-0.15, -0.1) is 0 Å². The molecule has 24 heavy (non-hydrogen) atoms. The van der Waals surface area contributed by atoms with Crippen LogP contribution in [0, 0.1) is 0 Å². The van der Waals surface area contributed by atoms with Gasteiger partial charge in [-0.05, 0) is 50.4 Å². The summed E-state index contributed by atoms with van der Waals surface area (Å²) in [6.07, 6.45) is 6.53. The zero-order chi connectivity index (χ0) is 16.8. The number of piperazine rings is 1. The van der Waals surface area contributed by atoms with Gasteiger partial charge in [0.15, 0.2) is 0 Å². The molecule has 0 saturated carbocycles. The maximum atomic E-state index is 2.69. The van der Waals surface area contributed by atoms with Crippen molar-refractivity contribution in [3.8, 4) is 0 Å². The second kappa shape index (κ2) is 8.98. The topological polar surface area (TPSA) is 9.72 Å². The first-order valence-electron chi connectivity index (χ1n) is 9.97. The summed E-state index contributed by atoms with van der Waals surface area (Å²) in [5.41, 5.74) is 2.93. The summed E-state index contributed by atoms with van der Waals surface area (Å²) in [5.74, 6) is 0. The van der Waals surface area contributed by atoms with E-state index in [-0.39, 0.29) is 0 Å². The first kappa shape index (κ1) is 17.9. The fourth-order valence-corrected chi connectivity index (χ4v) is 4.10. The van der Waals surface area contributed by atoms with Gasteiger partial charge in [-0.1, -0.05) is 37.6 Å². The molecule has 134 valence electrons. The second-order valence-corrected chi connectivity index (χ2v) is 7.69. The summed E-state index contributed by atoms with van der Waals surface area (Å²) in [6, 6.07) is 9.99. The summed E-state index contributed by atoms with van der Waals surface area (Å²) >= 11 is 0. The average Bonchev–Trinajstić information content (AvgIpc) is 2.63. The number of likely N-dealkylation sites (N-methyl/N-ethyl adjacent to an activating group) is 1. The van der Waals surface area contributed by atoms with Gasteiger partial charge in [-0.2, -0.15) is 0 Å². The predicted octanol–water partition coefficient (Wildman–Crippen LogP) is 2.89. The van der Waals surface area contributed by atoms with E-state index in [1.165, 1.54) is 82.6 Å². The van der Waals surface area contributed by atoms with Crippen LogP contribution in [0.1, 0.15) is 37.3 Å². The summed E-state index contributed by atoms with van der Waals surface area (Å²) < 4.78 is 0. The highest BCUT2D eigenvalue weighted by Gasteiger charge is 2.24. The highest BCUT2D eigenvalue weighted by Crippen LogP contribution is 2.17. The van der Waals surface area contributed by atoms with Gasteiger partial charge in [0, 0.05) is 45.3 Å². The second-order valence-electron chi connectivity index (χ2n) is 7.69. The van der Waals surface area contributed by atoms with Gasteiger partial charge in [0.25, 0.3) is 0 Å². The zero-order valence-electron chi connectivity index (χ0n) is 15.7. The van der Waals surface area contributed by atoms with Crippen LogP contribution in [-0.2, 0) is 12.8 Å². The number of piperidine rings is 1. The highest BCUT2D eigenvalue weighted by molar-refractivity contribution is 5.22. The summed E-state index contributed by atoms with van der Waals surface area (Å²) in [7, 11) is 2.31. The van der Waals surface area contributed by atoms with Crippen LogP contribution in [0.25, 0.3) is 0 Å². The Balaban J connectivity index is 1.37. The van der Waals surface area contributed by atoms with Crippen molar-refractivity contribution in [2.45, 2.75) is 45.1 Å². The van der Waals surface area contributed by atoms with Crippen molar-refractivity contribution in [1.82, 2.24) is 14.7 Å². The molecule has 0 amide bonds. The van der Waals surface area contributed by atoms with Crippen LogP contribution in [0.5, 0.6) is 0 Å². The van der Waals surface area contributed by atoms with Crippen molar-refractivity contribution >= 4 is 0 Å². The normalized spacial score (nSPS) is 24.3. The van der Waals surface area contributed by atoms with Crippen molar-refractivity contribution in [3.63, 3.8) is 0 Å². The quantitative estimate of drug-likeness (QED) is 0.794. The van der Waals surface area contributed by atoms with E-state index in [1.807, 2.05) is 0 Å². The fraction of sp³-hybridized carbons (Fsp3) is 0.714. The lowest BCUT2D eigenvalue weighted by Crippen LogP contribution is -2.52. The first-order chi connectivity index (χ1) is 11.7. The van der Waals surface area contributed by atoms with Crippen molar-refractivity contribution in [1.29, 1.82) is 0 Å². The molecule has 0 aliphatic carbocycles. The summed E-state index contributed by atoms with van der Waals surface area (Å²) in [5, 5.41) is 0. The molecule has 2 saturated heterocycles. The number of rotatable bonds is 6. The maximum Gasteiger partial charge on any atom is 0.0220 e. The molecule has 2 aliphatic heterocycles. The molecule has 0 N–H and O–H groups in total. The van der Waals surface area contributed by atoms with Gasteiger partial charge < -0.3 is 9.80 Å². The number of likely N-dealkylation sites (tertiary alicyclic amines) is 1. The Morgan fingerprint density at radius 3 is 2.21 bits per heavy atom. The minimum atomic E-state index is 0.794. The molecule has 2 heterocycles. The first-order valence-corrected chi connectivity index (χ1v) is 9.97. The molecule has 2 fully saturated rings. The van der Waals surface area contributed by atoms with Gasteiger partial charge in [0.2, 0.25) is 0 Å². The van der Waals surface area contributed by atoms with Gasteiger partial charge in [0.05, 0.1) is 0 Å². The molecule has 0 bridgehead atoms. The zero-order valence-corrected chi connectivity index (χ0v) is 15.7. The molecule has 1 aromatic rings. The largest absolute Gasteiger partial charge is 0.302 e. The number of hydrogen-bond donors (Lipinski definition) is 0. The molecule has 3 nitrogen and oxygen atoms in total. The molecule has 0 radical (unpaired) electrons. The van der Waals surface area contributed by atoms with Crippen LogP contribution in [0.15, 0.2) is 24.3 Å². The third-order valence-electron chi connectivity index (χ3n) is 6.00. The Morgan fingerprint density at radius 1 is 0.875 bits per heavy atom. The lowest BCUT2D eigenvalue weighted by atomic mass is 10.0. The Bertz CT molecular complexity index is 476. The van der Waals surface area contributed by atoms with Crippen LogP contribution in [0.2, 0.25) is 0 Å². The molecule has 3 rings (SSSR count). The van der Waals surface area contributed by atoms with Crippen LogP contribution >= 0.6 is 0 Å². The Morgan fingerprint density at radius 2 is 1.54 bits per heavy atom. The van der Waals surface area contributed by atoms with Crippen LogP contribution in [0.3, 0.4) is 0 Å². The predicted molar refractivity (Wildman–Crippen MR) is 103 cm³/mol. The lowest BCUT2D eigenvalue weighted by Gasteiger charge is -2.40. The highest BCUT2D eigenvalue weighted by atomic mass is 15.3. The van der Waals surface area contributed by atoms with Gasteiger partial charge >= 0.3 is 0 Å². The minimum Gasteiger partial charge on any atom is -0.302 e. The lowest BCUT2D eigenvalue weighted by molar-refractivity contribution is 0.0850. The van der Waals surface area contributed by atoms with Crippen LogP contribution in [-0.4, -0.2) is 73.6 Å². The standard InChI is InChI=1S/C21H35N3/c1-3-19-7-9-20(10-8-19)11-13-23-14-16-24(17-15-23)18-21-6-4-5-12-22(21)2/h7-10,21H,3-6,11-18H2,1-2H3. The number of nitrogens with zero attached hydrogens (tertiary/aromatic N) is 3. The Labute approximate surface area is 148 Å². The third kappa shape index (κ3) is 5.05. The van der Waals surface area contributed by atoms with Crippen molar-refractivity contribution in [2.24, 2.45) is 0 Å². The summed E-state index contributed by atoms with van der Waals surface area (Å²) in [6.45, 7) is 11.0. The monoisotopic (exact) mass is 329 g/mol. The van der Waals surface area contributed by atoms with E-state index in [4.69, 9.17) is 0 Å². The smallest absolute Gasteiger partial charge is 0.0220 e. The Kier molecular flexibility index (Phi) is 6.70.